The summed E-state index contributed by atoms with van der Waals surface area (Å²) in [7, 11) is -3.60. The van der Waals surface area contributed by atoms with Crippen molar-refractivity contribution in [2.45, 2.75) is 18.4 Å². The summed E-state index contributed by atoms with van der Waals surface area (Å²) in [5, 5.41) is 3.46. The summed E-state index contributed by atoms with van der Waals surface area (Å²) in [5.41, 5.74) is 0.621. The maximum absolute atomic E-state index is 12.9. The summed E-state index contributed by atoms with van der Waals surface area (Å²) in [6, 6.07) is 12.4. The topological polar surface area (TPSA) is 71.1 Å². The summed E-state index contributed by atoms with van der Waals surface area (Å²) >= 11 is 5.41. The number of anilines is 1. The Morgan fingerprint density at radius 1 is 1.03 bits per heavy atom. The second-order valence-corrected chi connectivity index (χ2v) is 8.95. The van der Waals surface area contributed by atoms with Crippen molar-refractivity contribution >= 4 is 33.0 Å². The summed E-state index contributed by atoms with van der Waals surface area (Å²) < 4.78 is 61.3. The number of piperazine rings is 1. The zero-order chi connectivity index (χ0) is 22.4. The fourth-order valence-electron chi connectivity index (χ4n) is 3.08. The van der Waals surface area contributed by atoms with E-state index in [0.29, 0.717) is 49.3 Å². The van der Waals surface area contributed by atoms with E-state index in [1.807, 2.05) is 11.8 Å². The van der Waals surface area contributed by atoms with Crippen molar-refractivity contribution in [1.29, 1.82) is 0 Å². The van der Waals surface area contributed by atoms with Crippen LogP contribution < -0.4 is 14.8 Å². The molecule has 2 aromatic rings. The molecule has 7 nitrogen and oxygen atoms in total. The van der Waals surface area contributed by atoms with Crippen LogP contribution >= 0.6 is 12.2 Å². The Morgan fingerprint density at radius 3 is 2.16 bits per heavy atom. The predicted octanol–water partition coefficient (Wildman–Crippen LogP) is 3.39. The van der Waals surface area contributed by atoms with Crippen LogP contribution in [0.2, 0.25) is 0 Å². The highest BCUT2D eigenvalue weighted by molar-refractivity contribution is 7.89. The number of alkyl halides is 2. The van der Waals surface area contributed by atoms with Crippen LogP contribution in [-0.2, 0) is 10.0 Å². The van der Waals surface area contributed by atoms with Crippen LogP contribution in [0.5, 0.6) is 11.5 Å². The van der Waals surface area contributed by atoms with Gasteiger partial charge in [-0.15, -0.1) is 0 Å². The molecule has 1 heterocycles. The molecule has 1 N–H and O–H groups in total. The van der Waals surface area contributed by atoms with Gasteiger partial charge in [-0.1, -0.05) is 0 Å². The van der Waals surface area contributed by atoms with Crippen molar-refractivity contribution in [3.05, 3.63) is 48.5 Å². The third-order valence-corrected chi connectivity index (χ3v) is 6.90. The van der Waals surface area contributed by atoms with Gasteiger partial charge in [0, 0.05) is 31.9 Å². The average molecular weight is 472 g/mol. The number of sulfonamides is 1. The number of benzene rings is 2. The number of hydrogen-bond donors (Lipinski definition) is 1. The van der Waals surface area contributed by atoms with Crippen LogP contribution in [-0.4, -0.2) is 62.1 Å². The lowest BCUT2D eigenvalue weighted by atomic mass is 10.3. The summed E-state index contributed by atoms with van der Waals surface area (Å²) in [6.45, 7) is 0.922. The highest BCUT2D eigenvalue weighted by atomic mass is 32.2. The SMILES string of the molecule is CCOc1ccc(S(=O)(=O)N2CCN(C(=S)Nc3ccc(OC(F)F)cc3)CC2)cc1. The molecule has 11 heteroatoms. The molecule has 3 rings (SSSR count). The number of hydrogen-bond acceptors (Lipinski definition) is 5. The van der Waals surface area contributed by atoms with Crippen LogP contribution in [0.4, 0.5) is 14.5 Å². The van der Waals surface area contributed by atoms with Gasteiger partial charge >= 0.3 is 6.61 Å². The summed E-state index contributed by atoms with van der Waals surface area (Å²) in [5.74, 6) is 0.677. The molecule has 1 aliphatic heterocycles. The summed E-state index contributed by atoms with van der Waals surface area (Å²) in [6.07, 6.45) is 0. The molecule has 1 saturated heterocycles. The van der Waals surface area contributed by atoms with Crippen LogP contribution in [0.25, 0.3) is 0 Å². The number of thiocarbonyl (C=S) groups is 1. The predicted molar refractivity (Wildman–Crippen MR) is 117 cm³/mol. The minimum atomic E-state index is -3.60. The molecule has 1 fully saturated rings. The Bertz CT molecular complexity index is 978. The third-order valence-electron chi connectivity index (χ3n) is 4.63. The molecule has 0 amide bonds. The van der Waals surface area contributed by atoms with E-state index in [1.165, 1.54) is 16.4 Å². The van der Waals surface area contributed by atoms with Crippen molar-refractivity contribution in [1.82, 2.24) is 9.21 Å². The van der Waals surface area contributed by atoms with Crippen LogP contribution in [0.1, 0.15) is 6.92 Å². The second kappa shape index (κ2) is 10.2. The number of nitrogens with zero attached hydrogens (tertiary/aromatic N) is 2. The quantitative estimate of drug-likeness (QED) is 0.621. The molecular formula is C20H23F2N3O4S2. The van der Waals surface area contributed by atoms with Crippen molar-refractivity contribution in [2.75, 3.05) is 38.1 Å². The molecule has 1 aliphatic rings. The zero-order valence-corrected chi connectivity index (χ0v) is 18.5. The largest absolute Gasteiger partial charge is 0.494 e. The zero-order valence-electron chi connectivity index (χ0n) is 16.8. The summed E-state index contributed by atoms with van der Waals surface area (Å²) in [4.78, 5) is 2.08. The van der Waals surface area contributed by atoms with E-state index in [-0.39, 0.29) is 10.6 Å². The molecule has 0 bridgehead atoms. The minimum absolute atomic E-state index is 0.0552. The van der Waals surface area contributed by atoms with Gasteiger partial charge in [0.1, 0.15) is 11.5 Å². The van der Waals surface area contributed by atoms with E-state index in [4.69, 9.17) is 17.0 Å². The number of ether oxygens (including phenoxy) is 2. The molecule has 0 saturated carbocycles. The normalized spacial score (nSPS) is 15.0. The Kier molecular flexibility index (Phi) is 7.63. The van der Waals surface area contributed by atoms with Crippen molar-refractivity contribution < 1.29 is 26.7 Å². The Morgan fingerprint density at radius 2 is 1.61 bits per heavy atom. The highest BCUT2D eigenvalue weighted by Gasteiger charge is 2.29. The molecule has 0 aliphatic carbocycles. The first-order chi connectivity index (χ1) is 14.8. The molecule has 0 unspecified atom stereocenters. The van der Waals surface area contributed by atoms with Crippen LogP contribution in [0.15, 0.2) is 53.4 Å². The maximum atomic E-state index is 12.9. The molecule has 168 valence electrons. The monoisotopic (exact) mass is 471 g/mol. The lowest BCUT2D eigenvalue weighted by Crippen LogP contribution is -2.51. The smallest absolute Gasteiger partial charge is 0.387 e. The van der Waals surface area contributed by atoms with Crippen LogP contribution in [0, 0.1) is 0 Å². The lowest BCUT2D eigenvalue weighted by molar-refractivity contribution is -0.0498. The minimum Gasteiger partial charge on any atom is -0.494 e. The Labute approximate surface area is 185 Å². The fourth-order valence-corrected chi connectivity index (χ4v) is 4.80. The van der Waals surface area contributed by atoms with Crippen molar-refractivity contribution in [3.8, 4) is 11.5 Å². The molecule has 0 aromatic heterocycles. The van der Waals surface area contributed by atoms with Crippen molar-refractivity contribution in [3.63, 3.8) is 0 Å². The molecule has 0 atom stereocenters. The van der Waals surface area contributed by atoms with Gasteiger partial charge < -0.3 is 19.7 Å². The van der Waals surface area contributed by atoms with E-state index in [1.54, 1.807) is 36.4 Å². The molecule has 31 heavy (non-hydrogen) atoms. The third kappa shape index (κ3) is 6.02. The van der Waals surface area contributed by atoms with Gasteiger partial charge in [-0.25, -0.2) is 8.42 Å². The first-order valence-electron chi connectivity index (χ1n) is 9.63. The first-order valence-corrected chi connectivity index (χ1v) is 11.5. The molecule has 0 spiro atoms. The van der Waals surface area contributed by atoms with E-state index >= 15 is 0 Å². The maximum Gasteiger partial charge on any atom is 0.387 e. The molecule has 2 aromatic carbocycles. The average Bonchev–Trinajstić information content (AvgIpc) is 2.75. The number of halogens is 2. The first kappa shape index (κ1) is 23.2. The molecular weight excluding hydrogens is 448 g/mol. The van der Waals surface area contributed by atoms with Gasteiger partial charge in [0.15, 0.2) is 5.11 Å². The van der Waals surface area contributed by atoms with Crippen molar-refractivity contribution in [2.24, 2.45) is 0 Å². The van der Waals surface area contributed by atoms with Gasteiger partial charge in [-0.05, 0) is 67.7 Å². The highest BCUT2D eigenvalue weighted by Crippen LogP contribution is 2.22. The van der Waals surface area contributed by atoms with Gasteiger partial charge in [0.05, 0.1) is 11.5 Å². The number of nitrogens with one attached hydrogen (secondary N) is 1. The lowest BCUT2D eigenvalue weighted by Gasteiger charge is -2.35. The van der Waals surface area contributed by atoms with E-state index in [0.717, 1.165) is 0 Å². The van der Waals surface area contributed by atoms with Gasteiger partial charge in [0.2, 0.25) is 10.0 Å². The van der Waals surface area contributed by atoms with E-state index in [2.05, 4.69) is 10.1 Å². The van der Waals surface area contributed by atoms with Gasteiger partial charge in [0.25, 0.3) is 0 Å². The Hall–Kier alpha value is -2.50. The standard InChI is InChI=1S/C20H23F2N3O4S2/c1-2-28-16-7-9-18(10-8-16)31(26,27)25-13-11-24(12-14-25)20(30)23-15-3-5-17(6-4-15)29-19(21)22/h3-10,19H,2,11-14H2,1H3,(H,23,30). The van der Waals surface area contributed by atoms with E-state index in [9.17, 15) is 17.2 Å². The van der Waals surface area contributed by atoms with Gasteiger partial charge in [-0.3, -0.25) is 0 Å². The fraction of sp³-hybridized carbons (Fsp3) is 0.350. The number of rotatable bonds is 7. The van der Waals surface area contributed by atoms with Crippen LogP contribution in [0.3, 0.4) is 0 Å². The molecule has 0 radical (unpaired) electrons. The second-order valence-electron chi connectivity index (χ2n) is 6.63. The van der Waals surface area contributed by atoms with E-state index < -0.39 is 16.6 Å². The van der Waals surface area contributed by atoms with Gasteiger partial charge in [-0.2, -0.15) is 13.1 Å². The Balaban J connectivity index is 1.55.